The Balaban J connectivity index is 1.62. The lowest BCUT2D eigenvalue weighted by Crippen LogP contribution is -2.37. The molecule has 1 aliphatic rings. The van der Waals surface area contributed by atoms with Gasteiger partial charge in [-0.1, -0.05) is 41.9 Å². The Morgan fingerprint density at radius 3 is 2.57 bits per heavy atom. The summed E-state index contributed by atoms with van der Waals surface area (Å²) in [7, 11) is 0. The third-order valence-electron chi connectivity index (χ3n) is 4.07. The Labute approximate surface area is 182 Å². The van der Waals surface area contributed by atoms with Gasteiger partial charge in [0.2, 0.25) is 0 Å². The predicted molar refractivity (Wildman–Crippen MR) is 114 cm³/mol. The molecule has 1 N–H and O–H groups in total. The number of para-hydroxylation sites is 1. The van der Waals surface area contributed by atoms with E-state index in [0.29, 0.717) is 10.6 Å². The summed E-state index contributed by atoms with van der Waals surface area (Å²) in [6, 6.07) is 13.3. The highest BCUT2D eigenvalue weighted by molar-refractivity contribution is 8.18. The van der Waals surface area contributed by atoms with Crippen molar-refractivity contribution in [1.29, 1.82) is 0 Å². The normalized spacial score (nSPS) is 14.9. The van der Waals surface area contributed by atoms with Crippen LogP contribution in [0.15, 0.2) is 53.4 Å². The van der Waals surface area contributed by atoms with Crippen LogP contribution in [0, 0.1) is 0 Å². The minimum absolute atomic E-state index is 0.00595. The van der Waals surface area contributed by atoms with Gasteiger partial charge in [-0.3, -0.25) is 24.1 Å². The molecule has 9 heteroatoms. The molecule has 30 heavy (non-hydrogen) atoms. The molecule has 3 rings (SSSR count). The molecule has 0 atom stereocenters. The fourth-order valence-electron chi connectivity index (χ4n) is 2.70. The van der Waals surface area contributed by atoms with E-state index in [1.54, 1.807) is 42.5 Å². The number of hydrogen-bond acceptors (Lipinski definition) is 6. The van der Waals surface area contributed by atoms with E-state index in [2.05, 4.69) is 5.32 Å². The number of thioether (sulfide) groups is 1. The summed E-state index contributed by atoms with van der Waals surface area (Å²) in [5, 5.41) is 2.68. The van der Waals surface area contributed by atoms with Gasteiger partial charge < -0.3 is 10.1 Å². The van der Waals surface area contributed by atoms with Crippen molar-refractivity contribution in [2.75, 3.05) is 13.1 Å². The number of nitrogens with one attached hydrogen (secondary N) is 1. The highest BCUT2D eigenvalue weighted by Crippen LogP contribution is 2.33. The SMILES string of the molecule is CC(=O)Oc1ccccc1C(=O)NCCN1C(=O)SC(=Cc2ccccc2Cl)C1=O. The van der Waals surface area contributed by atoms with E-state index in [4.69, 9.17) is 16.3 Å². The van der Waals surface area contributed by atoms with Crippen molar-refractivity contribution in [3.05, 3.63) is 69.6 Å². The van der Waals surface area contributed by atoms with E-state index in [9.17, 15) is 19.2 Å². The van der Waals surface area contributed by atoms with Gasteiger partial charge >= 0.3 is 5.97 Å². The first-order valence-corrected chi connectivity index (χ1v) is 10.1. The van der Waals surface area contributed by atoms with Gasteiger partial charge in [-0.25, -0.2) is 0 Å². The summed E-state index contributed by atoms with van der Waals surface area (Å²) in [5.41, 5.74) is 0.820. The minimum atomic E-state index is -0.543. The number of amides is 3. The molecular formula is C21H17ClN2O5S. The van der Waals surface area contributed by atoms with Crippen molar-refractivity contribution < 1.29 is 23.9 Å². The van der Waals surface area contributed by atoms with Crippen molar-refractivity contribution in [3.63, 3.8) is 0 Å². The fraction of sp³-hybridized carbons (Fsp3) is 0.143. The average Bonchev–Trinajstić information content (AvgIpc) is 2.97. The van der Waals surface area contributed by atoms with E-state index in [1.807, 2.05) is 0 Å². The monoisotopic (exact) mass is 444 g/mol. The van der Waals surface area contributed by atoms with E-state index in [0.717, 1.165) is 16.7 Å². The summed E-state index contributed by atoms with van der Waals surface area (Å²) >= 11 is 6.92. The van der Waals surface area contributed by atoms with Crippen LogP contribution >= 0.6 is 23.4 Å². The predicted octanol–water partition coefficient (Wildman–Crippen LogP) is 3.73. The lowest BCUT2D eigenvalue weighted by atomic mass is 10.2. The van der Waals surface area contributed by atoms with Crippen LogP contribution in [0.4, 0.5) is 4.79 Å². The second-order valence-corrected chi connectivity index (χ2v) is 7.60. The molecule has 0 saturated carbocycles. The highest BCUT2D eigenvalue weighted by atomic mass is 35.5. The molecule has 0 unspecified atom stereocenters. The zero-order valence-electron chi connectivity index (χ0n) is 15.9. The molecule has 3 amide bonds. The standard InChI is InChI=1S/C21H17ClN2O5S/c1-13(25)29-17-9-5-3-7-15(17)19(26)23-10-11-24-20(27)18(30-21(24)28)12-14-6-2-4-8-16(14)22/h2-9,12H,10-11H2,1H3,(H,23,26). The van der Waals surface area contributed by atoms with Gasteiger partial charge in [0.05, 0.1) is 10.5 Å². The smallest absolute Gasteiger partial charge is 0.308 e. The Kier molecular flexibility index (Phi) is 6.91. The molecule has 154 valence electrons. The number of benzene rings is 2. The molecule has 1 fully saturated rings. The third-order valence-corrected chi connectivity index (χ3v) is 5.32. The van der Waals surface area contributed by atoms with Crippen LogP contribution in [0.2, 0.25) is 5.02 Å². The average molecular weight is 445 g/mol. The maximum absolute atomic E-state index is 12.6. The molecule has 0 bridgehead atoms. The van der Waals surface area contributed by atoms with Crippen LogP contribution in [0.1, 0.15) is 22.8 Å². The number of carbonyl (C=O) groups is 4. The summed E-state index contributed by atoms with van der Waals surface area (Å²) < 4.78 is 5.02. The van der Waals surface area contributed by atoms with Gasteiger partial charge in [-0.2, -0.15) is 0 Å². The van der Waals surface area contributed by atoms with Crippen LogP contribution in [0.3, 0.4) is 0 Å². The number of nitrogens with zero attached hydrogens (tertiary/aromatic N) is 1. The van der Waals surface area contributed by atoms with Crippen molar-refractivity contribution in [1.82, 2.24) is 10.2 Å². The van der Waals surface area contributed by atoms with Gasteiger partial charge in [-0.15, -0.1) is 0 Å². The molecule has 0 spiro atoms. The van der Waals surface area contributed by atoms with Crippen LogP contribution in [-0.2, 0) is 9.59 Å². The molecule has 1 aliphatic heterocycles. The first-order chi connectivity index (χ1) is 14.4. The Hall–Kier alpha value is -3.10. The number of imide groups is 1. The summed E-state index contributed by atoms with van der Waals surface area (Å²) in [6.07, 6.45) is 1.57. The zero-order chi connectivity index (χ0) is 21.7. The highest BCUT2D eigenvalue weighted by Gasteiger charge is 2.34. The van der Waals surface area contributed by atoms with E-state index in [-0.39, 0.29) is 29.3 Å². The topological polar surface area (TPSA) is 92.8 Å². The number of ether oxygens (including phenoxy) is 1. The van der Waals surface area contributed by atoms with Gasteiger partial charge in [0.15, 0.2) is 0 Å². The second-order valence-electron chi connectivity index (χ2n) is 6.20. The molecular weight excluding hydrogens is 428 g/mol. The van der Waals surface area contributed by atoms with Crippen LogP contribution < -0.4 is 10.1 Å². The zero-order valence-corrected chi connectivity index (χ0v) is 17.5. The molecule has 2 aromatic carbocycles. The van der Waals surface area contributed by atoms with Gasteiger partial charge in [0.1, 0.15) is 5.75 Å². The number of esters is 1. The van der Waals surface area contributed by atoms with Crippen molar-refractivity contribution >= 4 is 52.5 Å². The van der Waals surface area contributed by atoms with Crippen LogP contribution in [-0.4, -0.2) is 41.0 Å². The lowest BCUT2D eigenvalue weighted by molar-refractivity contribution is -0.132. The molecule has 0 aromatic heterocycles. The Bertz CT molecular complexity index is 1050. The van der Waals surface area contributed by atoms with E-state index >= 15 is 0 Å². The lowest BCUT2D eigenvalue weighted by Gasteiger charge is -2.14. The van der Waals surface area contributed by atoms with Gasteiger partial charge in [0.25, 0.3) is 17.1 Å². The largest absolute Gasteiger partial charge is 0.426 e. The van der Waals surface area contributed by atoms with Gasteiger partial charge in [-0.05, 0) is 41.6 Å². The first-order valence-electron chi connectivity index (χ1n) is 8.92. The number of halogens is 1. The molecule has 0 aliphatic carbocycles. The Morgan fingerprint density at radius 1 is 1.13 bits per heavy atom. The maximum Gasteiger partial charge on any atom is 0.308 e. The molecule has 1 heterocycles. The first kappa shape index (κ1) is 21.6. The molecule has 7 nitrogen and oxygen atoms in total. The molecule has 2 aromatic rings. The second kappa shape index (κ2) is 9.60. The summed E-state index contributed by atoms with van der Waals surface area (Å²) in [6.45, 7) is 1.29. The van der Waals surface area contributed by atoms with Crippen LogP contribution in [0.25, 0.3) is 6.08 Å². The number of hydrogen-bond donors (Lipinski definition) is 1. The maximum atomic E-state index is 12.6. The molecule has 1 saturated heterocycles. The number of rotatable bonds is 6. The number of carbonyl (C=O) groups excluding carboxylic acids is 4. The van der Waals surface area contributed by atoms with Crippen molar-refractivity contribution in [3.8, 4) is 5.75 Å². The van der Waals surface area contributed by atoms with Crippen molar-refractivity contribution in [2.24, 2.45) is 0 Å². The van der Waals surface area contributed by atoms with Crippen LogP contribution in [0.5, 0.6) is 5.75 Å². The quantitative estimate of drug-likeness (QED) is 0.414. The van der Waals surface area contributed by atoms with E-state index < -0.39 is 23.0 Å². The minimum Gasteiger partial charge on any atom is -0.426 e. The van der Waals surface area contributed by atoms with Gasteiger partial charge in [0, 0.05) is 25.0 Å². The van der Waals surface area contributed by atoms with Crippen molar-refractivity contribution in [2.45, 2.75) is 6.92 Å². The third kappa shape index (κ3) is 5.08. The fourth-order valence-corrected chi connectivity index (χ4v) is 3.75. The molecule has 0 radical (unpaired) electrons. The summed E-state index contributed by atoms with van der Waals surface area (Å²) in [4.78, 5) is 49.7. The summed E-state index contributed by atoms with van der Waals surface area (Å²) in [5.74, 6) is -1.33. The Morgan fingerprint density at radius 2 is 1.83 bits per heavy atom. The van der Waals surface area contributed by atoms with E-state index in [1.165, 1.54) is 19.1 Å².